The molecular weight excluding hydrogens is 194 g/mol. The predicted molar refractivity (Wildman–Crippen MR) is 57.5 cm³/mol. The number of hydrogen-bond acceptors (Lipinski definition) is 4. The molecule has 1 fully saturated rings. The third kappa shape index (κ3) is 3.80. The van der Waals surface area contributed by atoms with E-state index in [1.807, 2.05) is 11.8 Å². The zero-order chi connectivity index (χ0) is 11.3. The summed E-state index contributed by atoms with van der Waals surface area (Å²) in [6.07, 6.45) is 3.88. The van der Waals surface area contributed by atoms with Crippen molar-refractivity contribution in [3.8, 4) is 0 Å². The van der Waals surface area contributed by atoms with Gasteiger partial charge in [0.2, 0.25) is 0 Å². The smallest absolute Gasteiger partial charge is 0.319 e. The number of esters is 1. The van der Waals surface area contributed by atoms with E-state index in [4.69, 9.17) is 0 Å². The second kappa shape index (κ2) is 5.47. The summed E-state index contributed by atoms with van der Waals surface area (Å²) in [6, 6.07) is 0. The lowest BCUT2D eigenvalue weighted by atomic mass is 10.0. The Bertz CT molecular complexity index is 212. The SMILES string of the molecule is CCN(CC(=O)OC)CC1(O)CCCC1. The Labute approximate surface area is 91.2 Å². The quantitative estimate of drug-likeness (QED) is 0.689. The average molecular weight is 215 g/mol. The summed E-state index contributed by atoms with van der Waals surface area (Å²) in [5.41, 5.74) is -0.579. The summed E-state index contributed by atoms with van der Waals surface area (Å²) in [5, 5.41) is 10.2. The molecule has 0 saturated heterocycles. The molecule has 0 heterocycles. The molecule has 15 heavy (non-hydrogen) atoms. The Kier molecular flexibility index (Phi) is 4.54. The zero-order valence-corrected chi connectivity index (χ0v) is 9.66. The van der Waals surface area contributed by atoms with Gasteiger partial charge < -0.3 is 9.84 Å². The first kappa shape index (κ1) is 12.5. The fourth-order valence-corrected chi connectivity index (χ4v) is 2.13. The van der Waals surface area contributed by atoms with E-state index in [9.17, 15) is 9.90 Å². The molecule has 0 radical (unpaired) electrons. The fourth-order valence-electron chi connectivity index (χ4n) is 2.13. The van der Waals surface area contributed by atoms with Gasteiger partial charge >= 0.3 is 5.97 Å². The van der Waals surface area contributed by atoms with E-state index in [1.165, 1.54) is 7.11 Å². The first-order valence-electron chi connectivity index (χ1n) is 5.61. The van der Waals surface area contributed by atoms with Crippen LogP contribution in [0.5, 0.6) is 0 Å². The molecule has 0 aromatic rings. The van der Waals surface area contributed by atoms with Crippen LogP contribution < -0.4 is 0 Å². The maximum absolute atomic E-state index is 11.1. The maximum Gasteiger partial charge on any atom is 0.319 e. The number of methoxy groups -OCH3 is 1. The number of rotatable bonds is 5. The van der Waals surface area contributed by atoms with E-state index >= 15 is 0 Å². The molecule has 0 aromatic heterocycles. The van der Waals surface area contributed by atoms with Crippen molar-refractivity contribution in [2.45, 2.75) is 38.2 Å². The molecule has 0 atom stereocenters. The van der Waals surface area contributed by atoms with Gasteiger partial charge in [-0.3, -0.25) is 9.69 Å². The van der Waals surface area contributed by atoms with Crippen LogP contribution in [-0.4, -0.2) is 48.3 Å². The molecular formula is C11H21NO3. The van der Waals surface area contributed by atoms with Gasteiger partial charge in [-0.2, -0.15) is 0 Å². The second-order valence-electron chi connectivity index (χ2n) is 4.31. The molecule has 0 aliphatic heterocycles. The van der Waals surface area contributed by atoms with Gasteiger partial charge in [-0.25, -0.2) is 0 Å². The van der Waals surface area contributed by atoms with Crippen molar-refractivity contribution in [2.24, 2.45) is 0 Å². The van der Waals surface area contributed by atoms with Gasteiger partial charge in [0.1, 0.15) is 0 Å². The minimum atomic E-state index is -0.579. The standard InChI is InChI=1S/C11H21NO3/c1-3-12(8-10(13)15-2)9-11(14)6-4-5-7-11/h14H,3-9H2,1-2H3. The number of likely N-dealkylation sites (N-methyl/N-ethyl adjacent to an activating group) is 1. The summed E-state index contributed by atoms with van der Waals surface area (Å²) in [7, 11) is 1.39. The van der Waals surface area contributed by atoms with Crippen LogP contribution in [0, 0.1) is 0 Å². The highest BCUT2D eigenvalue weighted by atomic mass is 16.5. The minimum absolute atomic E-state index is 0.238. The lowest BCUT2D eigenvalue weighted by Gasteiger charge is -2.29. The average Bonchev–Trinajstić information content (AvgIpc) is 2.63. The summed E-state index contributed by atoms with van der Waals surface area (Å²) in [6.45, 7) is 3.60. The number of aliphatic hydroxyl groups is 1. The Balaban J connectivity index is 2.41. The Morgan fingerprint density at radius 3 is 2.53 bits per heavy atom. The number of ether oxygens (including phenoxy) is 1. The summed E-state index contributed by atoms with van der Waals surface area (Å²) < 4.78 is 4.62. The largest absolute Gasteiger partial charge is 0.468 e. The second-order valence-corrected chi connectivity index (χ2v) is 4.31. The predicted octanol–water partition coefficient (Wildman–Crippen LogP) is 0.786. The molecule has 0 spiro atoms. The van der Waals surface area contributed by atoms with Gasteiger partial charge in [-0.1, -0.05) is 19.8 Å². The van der Waals surface area contributed by atoms with E-state index in [-0.39, 0.29) is 12.5 Å². The van der Waals surface area contributed by atoms with Crippen LogP contribution >= 0.6 is 0 Å². The van der Waals surface area contributed by atoms with Crippen molar-refractivity contribution < 1.29 is 14.6 Å². The van der Waals surface area contributed by atoms with Crippen LogP contribution in [0.15, 0.2) is 0 Å². The molecule has 1 aliphatic rings. The van der Waals surface area contributed by atoms with E-state index in [1.54, 1.807) is 0 Å². The van der Waals surface area contributed by atoms with Crippen LogP contribution in [0.25, 0.3) is 0 Å². The highest BCUT2D eigenvalue weighted by Crippen LogP contribution is 2.30. The fraction of sp³-hybridized carbons (Fsp3) is 0.909. The molecule has 4 nitrogen and oxygen atoms in total. The van der Waals surface area contributed by atoms with Crippen molar-refractivity contribution in [1.82, 2.24) is 4.90 Å². The van der Waals surface area contributed by atoms with E-state index in [0.717, 1.165) is 32.2 Å². The number of carbonyl (C=O) groups excluding carboxylic acids is 1. The van der Waals surface area contributed by atoms with Gasteiger partial charge in [0, 0.05) is 6.54 Å². The van der Waals surface area contributed by atoms with Gasteiger partial charge in [0.15, 0.2) is 0 Å². The lowest BCUT2D eigenvalue weighted by molar-refractivity contribution is -0.142. The Morgan fingerprint density at radius 2 is 2.07 bits per heavy atom. The Morgan fingerprint density at radius 1 is 1.47 bits per heavy atom. The molecule has 1 rings (SSSR count). The minimum Gasteiger partial charge on any atom is -0.468 e. The molecule has 0 unspecified atom stereocenters. The highest BCUT2D eigenvalue weighted by Gasteiger charge is 2.33. The first-order chi connectivity index (χ1) is 7.09. The molecule has 1 aliphatic carbocycles. The van der Waals surface area contributed by atoms with Gasteiger partial charge in [0.05, 0.1) is 19.3 Å². The van der Waals surface area contributed by atoms with Crippen molar-refractivity contribution in [1.29, 1.82) is 0 Å². The maximum atomic E-state index is 11.1. The lowest BCUT2D eigenvalue weighted by Crippen LogP contribution is -2.43. The van der Waals surface area contributed by atoms with Crippen molar-refractivity contribution >= 4 is 5.97 Å². The van der Waals surface area contributed by atoms with E-state index in [0.29, 0.717) is 6.54 Å². The van der Waals surface area contributed by atoms with Crippen LogP contribution in [0.2, 0.25) is 0 Å². The van der Waals surface area contributed by atoms with Gasteiger partial charge in [-0.15, -0.1) is 0 Å². The van der Waals surface area contributed by atoms with Crippen molar-refractivity contribution in [2.75, 3.05) is 26.7 Å². The normalized spacial score (nSPS) is 19.5. The number of hydrogen-bond donors (Lipinski definition) is 1. The number of carbonyl (C=O) groups is 1. The van der Waals surface area contributed by atoms with Crippen LogP contribution in [0.4, 0.5) is 0 Å². The molecule has 88 valence electrons. The van der Waals surface area contributed by atoms with Crippen LogP contribution in [0.3, 0.4) is 0 Å². The summed E-state index contributed by atoms with van der Waals surface area (Å²) in [5.74, 6) is -0.238. The molecule has 0 aromatic carbocycles. The van der Waals surface area contributed by atoms with Gasteiger partial charge in [-0.05, 0) is 19.4 Å². The number of nitrogens with zero attached hydrogens (tertiary/aromatic N) is 1. The monoisotopic (exact) mass is 215 g/mol. The third-order valence-electron chi connectivity index (χ3n) is 3.08. The Hall–Kier alpha value is -0.610. The molecule has 0 amide bonds. The van der Waals surface area contributed by atoms with Crippen molar-refractivity contribution in [3.05, 3.63) is 0 Å². The van der Waals surface area contributed by atoms with E-state index < -0.39 is 5.60 Å². The van der Waals surface area contributed by atoms with E-state index in [2.05, 4.69) is 4.74 Å². The molecule has 1 saturated carbocycles. The zero-order valence-electron chi connectivity index (χ0n) is 9.66. The first-order valence-corrected chi connectivity index (χ1v) is 5.61. The van der Waals surface area contributed by atoms with Crippen molar-refractivity contribution in [3.63, 3.8) is 0 Å². The van der Waals surface area contributed by atoms with Gasteiger partial charge in [0.25, 0.3) is 0 Å². The molecule has 4 heteroatoms. The van der Waals surface area contributed by atoms with Crippen LogP contribution in [-0.2, 0) is 9.53 Å². The summed E-state index contributed by atoms with van der Waals surface area (Å²) >= 11 is 0. The third-order valence-corrected chi connectivity index (χ3v) is 3.08. The highest BCUT2D eigenvalue weighted by molar-refractivity contribution is 5.71. The topological polar surface area (TPSA) is 49.8 Å². The molecule has 0 bridgehead atoms. The molecule has 1 N–H and O–H groups in total. The summed E-state index contributed by atoms with van der Waals surface area (Å²) in [4.78, 5) is 13.1. The van der Waals surface area contributed by atoms with Crippen LogP contribution in [0.1, 0.15) is 32.6 Å².